The van der Waals surface area contributed by atoms with Crippen LogP contribution >= 0.6 is 0 Å². The third-order valence-electron chi connectivity index (χ3n) is 5.91. The molecule has 1 fully saturated rings. The van der Waals surface area contributed by atoms with Gasteiger partial charge in [0.25, 0.3) is 11.8 Å². The van der Waals surface area contributed by atoms with E-state index in [1.165, 1.54) is 0 Å². The molecule has 0 bridgehead atoms. The molecule has 7 heteroatoms. The minimum atomic E-state index is -0.654. The molecule has 170 valence electrons. The van der Waals surface area contributed by atoms with E-state index in [0.717, 1.165) is 42.6 Å². The molecule has 0 radical (unpaired) electrons. The fraction of sp³-hybridized carbons (Fsp3) is 0.308. The number of hydrogen-bond acceptors (Lipinski definition) is 5. The molecule has 7 nitrogen and oxygen atoms in total. The number of carbonyl (C=O) groups excluding carboxylic acids is 2. The van der Waals surface area contributed by atoms with E-state index >= 15 is 0 Å². The van der Waals surface area contributed by atoms with Gasteiger partial charge in [-0.15, -0.1) is 0 Å². The fourth-order valence-corrected chi connectivity index (χ4v) is 3.96. The van der Waals surface area contributed by atoms with Crippen LogP contribution in [0.1, 0.15) is 56.6 Å². The lowest BCUT2D eigenvalue weighted by molar-refractivity contribution is 0.0793. The summed E-state index contributed by atoms with van der Waals surface area (Å²) in [5, 5.41) is 12.7. The van der Waals surface area contributed by atoms with Crippen LogP contribution in [0.2, 0.25) is 0 Å². The average molecular weight is 445 g/mol. The van der Waals surface area contributed by atoms with Gasteiger partial charge in [0, 0.05) is 42.2 Å². The zero-order valence-electron chi connectivity index (χ0n) is 18.9. The van der Waals surface area contributed by atoms with Gasteiger partial charge in [0.15, 0.2) is 0 Å². The van der Waals surface area contributed by atoms with E-state index in [4.69, 9.17) is 0 Å². The highest BCUT2D eigenvalue weighted by Gasteiger charge is 2.23. The number of carbonyl (C=O) groups is 2. The third-order valence-corrected chi connectivity index (χ3v) is 5.91. The molecule has 2 aromatic carbocycles. The van der Waals surface area contributed by atoms with Crippen molar-refractivity contribution < 1.29 is 14.7 Å². The number of nitrogens with one attached hydrogen (secondary N) is 1. The van der Waals surface area contributed by atoms with Crippen molar-refractivity contribution in [3.63, 3.8) is 0 Å². The summed E-state index contributed by atoms with van der Waals surface area (Å²) in [4.78, 5) is 36.5. The molecule has 1 atom stereocenters. The number of aliphatic hydroxyl groups is 1. The number of aryl methyl sites for hydroxylation is 2. The molecule has 0 unspecified atom stereocenters. The van der Waals surface area contributed by atoms with Crippen molar-refractivity contribution in [2.45, 2.75) is 32.7 Å². The second-order valence-electron chi connectivity index (χ2n) is 8.44. The molecule has 0 aliphatic carbocycles. The molecule has 1 saturated heterocycles. The summed E-state index contributed by atoms with van der Waals surface area (Å²) in [7, 11) is 0. The number of hydrogen-bond donors (Lipinski definition) is 2. The minimum Gasteiger partial charge on any atom is -0.394 e. The normalized spacial score (nSPS) is 14.2. The predicted octanol–water partition coefficient (Wildman–Crippen LogP) is 3.46. The van der Waals surface area contributed by atoms with E-state index < -0.39 is 6.04 Å². The number of aliphatic hydroxyl groups excluding tert-OH is 1. The van der Waals surface area contributed by atoms with Crippen molar-refractivity contribution in [3.05, 3.63) is 82.9 Å². The second kappa shape index (κ2) is 9.92. The standard InChI is InChI=1S/C26H28N4O3/c1-17-5-7-19(8-6-17)20-11-21(13-22(12-20)26(33)30-9-3-4-10-30)25(32)29-24(16-31)23-14-27-18(2)28-15-23/h5-8,11-15,24,31H,3-4,9-10,16H2,1-2H3,(H,29,32)/t24-/m1/s1. The van der Waals surface area contributed by atoms with Crippen molar-refractivity contribution in [1.82, 2.24) is 20.2 Å². The highest BCUT2D eigenvalue weighted by Crippen LogP contribution is 2.25. The van der Waals surface area contributed by atoms with Crippen molar-refractivity contribution in [1.29, 1.82) is 0 Å². The van der Waals surface area contributed by atoms with E-state index in [1.807, 2.05) is 42.2 Å². The van der Waals surface area contributed by atoms with Crippen LogP contribution in [0.4, 0.5) is 0 Å². The summed E-state index contributed by atoms with van der Waals surface area (Å²) < 4.78 is 0. The largest absolute Gasteiger partial charge is 0.394 e. The summed E-state index contributed by atoms with van der Waals surface area (Å²) in [6.07, 6.45) is 5.17. The summed E-state index contributed by atoms with van der Waals surface area (Å²) in [5.74, 6) is 0.165. The molecular weight excluding hydrogens is 416 g/mol. The van der Waals surface area contributed by atoms with Gasteiger partial charge in [0.05, 0.1) is 12.6 Å². The first-order chi connectivity index (χ1) is 15.9. The second-order valence-corrected chi connectivity index (χ2v) is 8.44. The molecule has 1 aliphatic heterocycles. The van der Waals surface area contributed by atoms with Crippen LogP contribution in [-0.4, -0.2) is 51.5 Å². The van der Waals surface area contributed by atoms with Crippen LogP contribution in [-0.2, 0) is 0 Å². The monoisotopic (exact) mass is 444 g/mol. The van der Waals surface area contributed by atoms with Gasteiger partial charge < -0.3 is 15.3 Å². The highest BCUT2D eigenvalue weighted by molar-refractivity contribution is 6.01. The SMILES string of the molecule is Cc1ccc(-c2cc(C(=O)N[C@H](CO)c3cnc(C)nc3)cc(C(=O)N3CCCC3)c2)cc1. The first-order valence-corrected chi connectivity index (χ1v) is 11.2. The van der Waals surface area contributed by atoms with E-state index in [1.54, 1.807) is 31.5 Å². The van der Waals surface area contributed by atoms with Gasteiger partial charge in [-0.25, -0.2) is 9.97 Å². The number of nitrogens with zero attached hydrogens (tertiary/aromatic N) is 3. The molecular formula is C26H28N4O3. The Labute approximate surface area is 193 Å². The van der Waals surface area contributed by atoms with Crippen LogP contribution in [0.25, 0.3) is 11.1 Å². The number of likely N-dealkylation sites (tertiary alicyclic amines) is 1. The minimum absolute atomic E-state index is 0.0684. The van der Waals surface area contributed by atoms with E-state index in [2.05, 4.69) is 15.3 Å². The topological polar surface area (TPSA) is 95.4 Å². The Morgan fingerprint density at radius 1 is 0.970 bits per heavy atom. The van der Waals surface area contributed by atoms with E-state index in [0.29, 0.717) is 22.5 Å². The first kappa shape index (κ1) is 22.6. The molecule has 0 saturated carbocycles. The zero-order valence-corrected chi connectivity index (χ0v) is 18.9. The van der Waals surface area contributed by atoms with E-state index in [-0.39, 0.29) is 18.4 Å². The molecule has 1 aromatic heterocycles. The Morgan fingerprint density at radius 3 is 2.24 bits per heavy atom. The van der Waals surface area contributed by atoms with Crippen LogP contribution in [0, 0.1) is 13.8 Å². The lowest BCUT2D eigenvalue weighted by atomic mass is 9.97. The molecule has 33 heavy (non-hydrogen) atoms. The Balaban J connectivity index is 1.67. The van der Waals surface area contributed by atoms with Crippen LogP contribution in [0.5, 0.6) is 0 Å². The van der Waals surface area contributed by atoms with Gasteiger partial charge in [-0.2, -0.15) is 0 Å². The molecule has 3 aromatic rings. The molecule has 2 amide bonds. The van der Waals surface area contributed by atoms with Gasteiger partial charge in [-0.3, -0.25) is 9.59 Å². The van der Waals surface area contributed by atoms with Crippen LogP contribution < -0.4 is 5.32 Å². The predicted molar refractivity (Wildman–Crippen MR) is 126 cm³/mol. The number of rotatable bonds is 6. The lowest BCUT2D eigenvalue weighted by Crippen LogP contribution is -2.32. The maximum Gasteiger partial charge on any atom is 0.253 e. The first-order valence-electron chi connectivity index (χ1n) is 11.2. The van der Waals surface area contributed by atoms with Gasteiger partial charge in [0.1, 0.15) is 5.82 Å². The van der Waals surface area contributed by atoms with Crippen molar-refractivity contribution >= 4 is 11.8 Å². The van der Waals surface area contributed by atoms with Crippen molar-refractivity contribution in [2.75, 3.05) is 19.7 Å². The van der Waals surface area contributed by atoms with Gasteiger partial charge >= 0.3 is 0 Å². The van der Waals surface area contributed by atoms with Gasteiger partial charge in [-0.1, -0.05) is 29.8 Å². The fourth-order valence-electron chi connectivity index (χ4n) is 3.96. The molecule has 2 N–H and O–H groups in total. The summed E-state index contributed by atoms with van der Waals surface area (Å²) >= 11 is 0. The molecule has 1 aliphatic rings. The van der Waals surface area contributed by atoms with E-state index in [9.17, 15) is 14.7 Å². The average Bonchev–Trinajstić information content (AvgIpc) is 3.38. The highest BCUT2D eigenvalue weighted by atomic mass is 16.3. The Bertz CT molecular complexity index is 1140. The summed E-state index contributed by atoms with van der Waals surface area (Å²) in [6, 6.07) is 12.6. The van der Waals surface area contributed by atoms with Crippen molar-refractivity contribution in [2.24, 2.45) is 0 Å². The Morgan fingerprint density at radius 2 is 1.61 bits per heavy atom. The van der Waals surface area contributed by atoms with Crippen LogP contribution in [0.3, 0.4) is 0 Å². The van der Waals surface area contributed by atoms with Crippen molar-refractivity contribution in [3.8, 4) is 11.1 Å². The lowest BCUT2D eigenvalue weighted by Gasteiger charge is -2.19. The van der Waals surface area contributed by atoms with Crippen LogP contribution in [0.15, 0.2) is 54.9 Å². The molecule has 4 rings (SSSR count). The molecule has 2 heterocycles. The molecule has 0 spiro atoms. The maximum absolute atomic E-state index is 13.2. The summed E-state index contributed by atoms with van der Waals surface area (Å²) in [6.45, 7) is 4.95. The quantitative estimate of drug-likeness (QED) is 0.607. The zero-order chi connectivity index (χ0) is 23.4. The Hall–Kier alpha value is -3.58. The van der Waals surface area contributed by atoms with Gasteiger partial charge in [-0.05, 0) is 56.0 Å². The number of aromatic nitrogens is 2. The van der Waals surface area contributed by atoms with Gasteiger partial charge in [0.2, 0.25) is 0 Å². The maximum atomic E-state index is 13.2. The Kier molecular flexibility index (Phi) is 6.79. The third kappa shape index (κ3) is 5.26. The smallest absolute Gasteiger partial charge is 0.253 e. The summed E-state index contributed by atoms with van der Waals surface area (Å²) in [5.41, 5.74) is 4.31. The number of amides is 2. The number of benzene rings is 2.